The zero-order valence-electron chi connectivity index (χ0n) is 6.14. The van der Waals surface area contributed by atoms with Gasteiger partial charge in [-0.1, -0.05) is 41.4 Å². The van der Waals surface area contributed by atoms with Crippen LogP contribution < -0.4 is 0 Å². The molecular formula is C9H8Cl2. The molecule has 0 nitrogen and oxygen atoms in total. The van der Waals surface area contributed by atoms with Gasteiger partial charge in [0.15, 0.2) is 0 Å². The zero-order chi connectivity index (χ0) is 8.27. The molecular weight excluding hydrogens is 179 g/mol. The molecule has 11 heavy (non-hydrogen) atoms. The smallest absolute Gasteiger partial charge is 0.0493 e. The van der Waals surface area contributed by atoms with Gasteiger partial charge < -0.3 is 0 Å². The van der Waals surface area contributed by atoms with Gasteiger partial charge in [0.2, 0.25) is 0 Å². The Morgan fingerprint density at radius 3 is 2.55 bits per heavy atom. The molecule has 1 rings (SSSR count). The summed E-state index contributed by atoms with van der Waals surface area (Å²) in [7, 11) is 0. The van der Waals surface area contributed by atoms with Gasteiger partial charge in [0, 0.05) is 10.0 Å². The van der Waals surface area contributed by atoms with E-state index >= 15 is 0 Å². The van der Waals surface area contributed by atoms with Crippen molar-refractivity contribution in [3.05, 3.63) is 39.9 Å². The van der Waals surface area contributed by atoms with E-state index in [-0.39, 0.29) is 0 Å². The Morgan fingerprint density at radius 2 is 2.00 bits per heavy atom. The van der Waals surface area contributed by atoms with Crippen molar-refractivity contribution < 1.29 is 0 Å². The molecule has 0 unspecified atom stereocenters. The fourth-order valence-electron chi connectivity index (χ4n) is 0.816. The Morgan fingerprint density at radius 1 is 1.27 bits per heavy atom. The maximum absolute atomic E-state index is 5.87. The van der Waals surface area contributed by atoms with E-state index in [0.717, 1.165) is 5.56 Å². The number of allylic oxidation sites excluding steroid dienone is 1. The molecule has 2 heteroatoms. The van der Waals surface area contributed by atoms with Crippen molar-refractivity contribution in [2.45, 2.75) is 6.92 Å². The number of hydrogen-bond donors (Lipinski definition) is 0. The summed E-state index contributed by atoms with van der Waals surface area (Å²) in [5.74, 6) is 0. The minimum atomic E-state index is 0.670. The summed E-state index contributed by atoms with van der Waals surface area (Å²) in [6.07, 6.45) is 3.88. The molecule has 0 saturated carbocycles. The van der Waals surface area contributed by atoms with Crippen LogP contribution in [0.5, 0.6) is 0 Å². The highest BCUT2D eigenvalue weighted by atomic mass is 35.5. The number of rotatable bonds is 1. The van der Waals surface area contributed by atoms with Crippen molar-refractivity contribution in [3.8, 4) is 0 Å². The van der Waals surface area contributed by atoms with Gasteiger partial charge >= 0.3 is 0 Å². The predicted molar refractivity (Wildman–Crippen MR) is 51.2 cm³/mol. The molecule has 0 amide bonds. The third kappa shape index (κ3) is 2.25. The van der Waals surface area contributed by atoms with E-state index in [1.165, 1.54) is 0 Å². The minimum absolute atomic E-state index is 0.670. The fraction of sp³-hybridized carbons (Fsp3) is 0.111. The summed E-state index contributed by atoms with van der Waals surface area (Å²) >= 11 is 11.6. The van der Waals surface area contributed by atoms with E-state index in [1.807, 2.05) is 31.2 Å². The zero-order valence-corrected chi connectivity index (χ0v) is 7.65. The highest BCUT2D eigenvalue weighted by Crippen LogP contribution is 2.21. The van der Waals surface area contributed by atoms with Gasteiger partial charge in [0.25, 0.3) is 0 Å². The van der Waals surface area contributed by atoms with Crippen LogP contribution in [0.3, 0.4) is 0 Å². The molecule has 0 atom stereocenters. The highest BCUT2D eigenvalue weighted by molar-refractivity contribution is 6.35. The second-order valence-corrected chi connectivity index (χ2v) is 3.01. The van der Waals surface area contributed by atoms with Gasteiger partial charge in [-0.2, -0.15) is 0 Å². The van der Waals surface area contributed by atoms with Crippen molar-refractivity contribution in [1.29, 1.82) is 0 Å². The topological polar surface area (TPSA) is 0 Å². The Bertz CT molecular complexity index is 277. The van der Waals surface area contributed by atoms with E-state index in [4.69, 9.17) is 23.2 Å². The van der Waals surface area contributed by atoms with Gasteiger partial charge in [-0.05, 0) is 24.6 Å². The average Bonchev–Trinajstić information content (AvgIpc) is 1.95. The lowest BCUT2D eigenvalue weighted by Gasteiger charge is -1.96. The van der Waals surface area contributed by atoms with E-state index in [1.54, 1.807) is 6.07 Å². The third-order valence-electron chi connectivity index (χ3n) is 1.31. The second-order valence-electron chi connectivity index (χ2n) is 2.17. The van der Waals surface area contributed by atoms with Crippen LogP contribution in [0.25, 0.3) is 6.08 Å². The summed E-state index contributed by atoms with van der Waals surface area (Å²) in [5, 5.41) is 1.36. The first kappa shape index (κ1) is 8.63. The Kier molecular flexibility index (Phi) is 2.98. The monoisotopic (exact) mass is 186 g/mol. The van der Waals surface area contributed by atoms with Crippen LogP contribution in [0.1, 0.15) is 12.5 Å². The van der Waals surface area contributed by atoms with Crippen molar-refractivity contribution in [1.82, 2.24) is 0 Å². The van der Waals surface area contributed by atoms with Gasteiger partial charge in [-0.15, -0.1) is 0 Å². The summed E-state index contributed by atoms with van der Waals surface area (Å²) in [4.78, 5) is 0. The largest absolute Gasteiger partial charge is 0.0870 e. The minimum Gasteiger partial charge on any atom is -0.0870 e. The quantitative estimate of drug-likeness (QED) is 0.622. The van der Waals surface area contributed by atoms with Crippen LogP contribution >= 0.6 is 23.2 Å². The molecule has 1 aromatic carbocycles. The van der Waals surface area contributed by atoms with Crippen molar-refractivity contribution in [2.75, 3.05) is 0 Å². The number of halogens is 2. The van der Waals surface area contributed by atoms with Crippen LogP contribution in [0.2, 0.25) is 10.0 Å². The Hall–Kier alpha value is -0.460. The lowest BCUT2D eigenvalue weighted by atomic mass is 10.2. The SMILES string of the molecule is C/C=C/c1ccc(Cl)cc1Cl. The first-order valence-corrected chi connectivity index (χ1v) is 4.07. The Balaban J connectivity index is 3.09. The molecule has 0 radical (unpaired) electrons. The molecule has 0 aliphatic heterocycles. The maximum Gasteiger partial charge on any atom is 0.0493 e. The molecule has 0 bridgehead atoms. The van der Waals surface area contributed by atoms with Crippen LogP contribution in [-0.2, 0) is 0 Å². The molecule has 0 spiro atoms. The average molecular weight is 187 g/mol. The van der Waals surface area contributed by atoms with Crippen molar-refractivity contribution in [2.24, 2.45) is 0 Å². The van der Waals surface area contributed by atoms with Crippen LogP contribution in [-0.4, -0.2) is 0 Å². The van der Waals surface area contributed by atoms with Gasteiger partial charge in [-0.3, -0.25) is 0 Å². The highest BCUT2D eigenvalue weighted by Gasteiger charge is 1.95. The lowest BCUT2D eigenvalue weighted by Crippen LogP contribution is -1.73. The molecule has 0 heterocycles. The Labute approximate surface area is 76.4 Å². The van der Waals surface area contributed by atoms with E-state index in [2.05, 4.69) is 0 Å². The van der Waals surface area contributed by atoms with Crippen LogP contribution in [0, 0.1) is 0 Å². The van der Waals surface area contributed by atoms with E-state index in [0.29, 0.717) is 10.0 Å². The predicted octanol–water partition coefficient (Wildman–Crippen LogP) is 4.03. The molecule has 58 valence electrons. The van der Waals surface area contributed by atoms with Crippen molar-refractivity contribution in [3.63, 3.8) is 0 Å². The third-order valence-corrected chi connectivity index (χ3v) is 1.87. The molecule has 0 aliphatic carbocycles. The first-order chi connectivity index (χ1) is 5.24. The molecule has 0 fully saturated rings. The molecule has 0 aliphatic rings. The normalized spacial score (nSPS) is 10.8. The fourth-order valence-corrected chi connectivity index (χ4v) is 1.29. The van der Waals surface area contributed by atoms with Crippen LogP contribution in [0.15, 0.2) is 24.3 Å². The van der Waals surface area contributed by atoms with Crippen molar-refractivity contribution >= 4 is 29.3 Å². The van der Waals surface area contributed by atoms with Gasteiger partial charge in [-0.25, -0.2) is 0 Å². The molecule has 1 aromatic rings. The maximum atomic E-state index is 5.87. The number of hydrogen-bond acceptors (Lipinski definition) is 0. The van der Waals surface area contributed by atoms with E-state index in [9.17, 15) is 0 Å². The summed E-state index contributed by atoms with van der Waals surface area (Å²) < 4.78 is 0. The first-order valence-electron chi connectivity index (χ1n) is 3.32. The number of benzene rings is 1. The summed E-state index contributed by atoms with van der Waals surface area (Å²) in [6, 6.07) is 5.45. The second kappa shape index (κ2) is 3.80. The van der Waals surface area contributed by atoms with Gasteiger partial charge in [0.1, 0.15) is 0 Å². The van der Waals surface area contributed by atoms with Crippen LogP contribution in [0.4, 0.5) is 0 Å². The molecule has 0 N–H and O–H groups in total. The van der Waals surface area contributed by atoms with E-state index < -0.39 is 0 Å². The molecule has 0 aromatic heterocycles. The summed E-state index contributed by atoms with van der Waals surface area (Å²) in [6.45, 7) is 1.95. The summed E-state index contributed by atoms with van der Waals surface area (Å²) in [5.41, 5.74) is 0.999. The molecule has 0 saturated heterocycles. The lowest BCUT2D eigenvalue weighted by molar-refractivity contribution is 1.64. The van der Waals surface area contributed by atoms with Gasteiger partial charge in [0.05, 0.1) is 0 Å². The standard InChI is InChI=1S/C9H8Cl2/c1-2-3-7-4-5-8(10)6-9(7)11/h2-6H,1H3/b3-2+.